The number of hydrogen-bond donors (Lipinski definition) is 2. The zero-order valence-corrected chi connectivity index (χ0v) is 11.3. The zero-order chi connectivity index (χ0) is 14.1. The lowest BCUT2D eigenvalue weighted by molar-refractivity contribution is 0.186. The number of hydrogen-bond acceptors (Lipinski definition) is 3. The van der Waals surface area contributed by atoms with Gasteiger partial charge in [0.15, 0.2) is 0 Å². The molecule has 0 heterocycles. The van der Waals surface area contributed by atoms with Crippen LogP contribution in [-0.2, 0) is 4.74 Å². The molecule has 0 aromatic heterocycles. The van der Waals surface area contributed by atoms with Gasteiger partial charge < -0.3 is 14.9 Å². The Hall–Kier alpha value is -1.68. The van der Waals surface area contributed by atoms with Crippen molar-refractivity contribution >= 4 is 0 Å². The number of ether oxygens (including phenoxy) is 1. The van der Waals surface area contributed by atoms with Crippen molar-refractivity contribution in [1.82, 2.24) is 0 Å². The molecule has 0 saturated carbocycles. The molecule has 0 unspecified atom stereocenters. The molecule has 0 atom stereocenters. The molecule has 102 valence electrons. The van der Waals surface area contributed by atoms with Gasteiger partial charge in [-0.15, -0.1) is 0 Å². The lowest BCUT2D eigenvalue weighted by Gasteiger charge is -2.22. The molecule has 2 N–H and O–H groups in total. The highest BCUT2D eigenvalue weighted by Gasteiger charge is 2.19. The summed E-state index contributed by atoms with van der Waals surface area (Å²) in [5, 5.41) is 15.2. The van der Waals surface area contributed by atoms with Crippen LogP contribution in [0.4, 0.5) is 0 Å². The van der Waals surface area contributed by atoms with Crippen molar-refractivity contribution in [3.63, 3.8) is 0 Å². The fourth-order valence-electron chi connectivity index (χ4n) is 1.84. The van der Waals surface area contributed by atoms with Gasteiger partial charge in [-0.05, 0) is 22.3 Å². The van der Waals surface area contributed by atoms with Crippen LogP contribution in [0.5, 0.6) is 0 Å². The van der Waals surface area contributed by atoms with Crippen molar-refractivity contribution in [3.8, 4) is 22.3 Å². The molecule has 0 radical (unpaired) electrons. The van der Waals surface area contributed by atoms with E-state index in [0.717, 1.165) is 0 Å². The molecule has 0 bridgehead atoms. The van der Waals surface area contributed by atoms with E-state index in [2.05, 4.69) is 53.3 Å². The molecular weight excluding hydrogens is 240 g/mol. The molecule has 0 fully saturated rings. The number of rotatable bonds is 1. The van der Waals surface area contributed by atoms with Crippen LogP contribution < -0.4 is 0 Å². The van der Waals surface area contributed by atoms with Gasteiger partial charge in [-0.25, -0.2) is 0 Å². The summed E-state index contributed by atoms with van der Waals surface area (Å²) < 4.78 is 4.25. The molecule has 0 spiro atoms. The first-order valence-corrected chi connectivity index (χ1v) is 6.10. The lowest BCUT2D eigenvalue weighted by atomic mass is 9.81. The van der Waals surface area contributed by atoms with Gasteiger partial charge in [0.2, 0.25) is 0 Å². The third-order valence-electron chi connectivity index (χ3n) is 2.53. The van der Waals surface area contributed by atoms with E-state index in [1.165, 1.54) is 22.3 Å². The third-order valence-corrected chi connectivity index (χ3v) is 2.53. The summed E-state index contributed by atoms with van der Waals surface area (Å²) in [5.41, 5.74) is 5.59. The Labute approximate surface area is 114 Å². The normalized spacial score (nSPS) is 9.68. The average molecular weight is 260 g/mol. The fourth-order valence-corrected chi connectivity index (χ4v) is 1.84. The Balaban J connectivity index is 0.000000221. The van der Waals surface area contributed by atoms with Crippen LogP contribution >= 0.6 is 0 Å². The topological polar surface area (TPSA) is 49.7 Å². The first kappa shape index (κ1) is 15.4. The second-order valence-electron chi connectivity index (χ2n) is 3.95. The minimum Gasteiger partial charge on any atom is -0.394 e. The van der Waals surface area contributed by atoms with E-state index in [1.807, 2.05) is 0 Å². The van der Waals surface area contributed by atoms with Crippen molar-refractivity contribution in [3.05, 3.63) is 48.5 Å². The maximum absolute atomic E-state index is 7.62. The van der Waals surface area contributed by atoms with Gasteiger partial charge in [0.25, 0.3) is 0 Å². The first-order chi connectivity index (χ1) is 9.29. The summed E-state index contributed by atoms with van der Waals surface area (Å²) in [4.78, 5) is 0. The van der Waals surface area contributed by atoms with Crippen molar-refractivity contribution < 1.29 is 14.9 Å². The van der Waals surface area contributed by atoms with Crippen molar-refractivity contribution in [2.45, 2.75) is 0 Å². The fraction of sp³-hybridized carbons (Fsp3) is 0.250. The first-order valence-electron chi connectivity index (χ1n) is 6.10. The molecule has 0 aliphatic heterocycles. The highest BCUT2D eigenvalue weighted by Crippen LogP contribution is 2.46. The molecule has 2 aromatic carbocycles. The van der Waals surface area contributed by atoms with E-state index in [1.54, 1.807) is 14.2 Å². The molecule has 19 heavy (non-hydrogen) atoms. The van der Waals surface area contributed by atoms with Crippen LogP contribution in [-0.4, -0.2) is 37.6 Å². The maximum atomic E-state index is 7.62. The Bertz CT molecular complexity index is 393. The largest absolute Gasteiger partial charge is 0.394 e. The molecule has 2 aromatic rings. The highest BCUT2D eigenvalue weighted by molar-refractivity contribution is 6.02. The van der Waals surface area contributed by atoms with Crippen LogP contribution in [0.15, 0.2) is 48.5 Å². The van der Waals surface area contributed by atoms with E-state index in [4.69, 9.17) is 10.2 Å². The molecule has 1 aliphatic rings. The second-order valence-corrected chi connectivity index (χ2v) is 3.95. The van der Waals surface area contributed by atoms with Gasteiger partial charge >= 0.3 is 0 Å². The van der Waals surface area contributed by atoms with E-state index in [0.29, 0.717) is 0 Å². The molecule has 3 heteroatoms. The standard InChI is InChI=1S/C12H8.C2H6O2.C2H6O/c1-2-6-10-9(5-1)11-7-3-4-8-12(10)11;3-1-2-4;1-3-2/h1-8H;3-4H,1-2H2;1-2H3. The molecule has 0 amide bonds. The minimum absolute atomic E-state index is 0.125. The van der Waals surface area contributed by atoms with Crippen molar-refractivity contribution in [2.75, 3.05) is 27.4 Å². The van der Waals surface area contributed by atoms with E-state index in [-0.39, 0.29) is 13.2 Å². The van der Waals surface area contributed by atoms with Gasteiger partial charge in [0, 0.05) is 14.2 Å². The van der Waals surface area contributed by atoms with E-state index in [9.17, 15) is 0 Å². The monoisotopic (exact) mass is 260 g/mol. The summed E-state index contributed by atoms with van der Waals surface area (Å²) in [6.07, 6.45) is 0. The summed E-state index contributed by atoms with van der Waals surface area (Å²) in [5.74, 6) is 0. The molecule has 0 saturated heterocycles. The molecule has 1 aliphatic carbocycles. The zero-order valence-electron chi connectivity index (χ0n) is 11.3. The Morgan fingerprint density at radius 1 is 0.684 bits per heavy atom. The van der Waals surface area contributed by atoms with Crippen molar-refractivity contribution in [1.29, 1.82) is 0 Å². The second kappa shape index (κ2) is 8.43. The van der Waals surface area contributed by atoms with E-state index >= 15 is 0 Å². The van der Waals surface area contributed by atoms with Gasteiger partial charge in [-0.1, -0.05) is 48.5 Å². The number of fused-ring (bicyclic) bond motifs is 4. The third kappa shape index (κ3) is 3.89. The predicted octanol–water partition coefficient (Wildman–Crippen LogP) is 2.57. The Morgan fingerprint density at radius 3 is 1.05 bits per heavy atom. The van der Waals surface area contributed by atoms with Gasteiger partial charge in [0.05, 0.1) is 13.2 Å². The van der Waals surface area contributed by atoms with Gasteiger partial charge in [-0.3, -0.25) is 0 Å². The number of aliphatic hydroxyl groups is 2. The summed E-state index contributed by atoms with van der Waals surface area (Å²) in [6, 6.07) is 17.1. The van der Waals surface area contributed by atoms with Crippen LogP contribution in [0.2, 0.25) is 0 Å². The molecular formula is C16H20O3. The minimum atomic E-state index is -0.125. The maximum Gasteiger partial charge on any atom is 0.0662 e. The highest BCUT2D eigenvalue weighted by atomic mass is 16.4. The SMILES string of the molecule is COC.OCCO.c1ccc2c(c1)-c1ccccc1-2. The van der Waals surface area contributed by atoms with Crippen LogP contribution in [0.1, 0.15) is 0 Å². The number of benzene rings is 2. The van der Waals surface area contributed by atoms with Gasteiger partial charge in [-0.2, -0.15) is 0 Å². The summed E-state index contributed by atoms with van der Waals surface area (Å²) >= 11 is 0. The van der Waals surface area contributed by atoms with Crippen LogP contribution in [0, 0.1) is 0 Å². The smallest absolute Gasteiger partial charge is 0.0662 e. The number of aliphatic hydroxyl groups excluding tert-OH is 2. The lowest BCUT2D eigenvalue weighted by Crippen LogP contribution is -1.96. The molecule has 3 nitrogen and oxygen atoms in total. The summed E-state index contributed by atoms with van der Waals surface area (Å²) in [7, 11) is 3.25. The summed E-state index contributed by atoms with van der Waals surface area (Å²) in [6.45, 7) is -0.250. The average Bonchev–Trinajstić information content (AvgIpc) is 2.46. The molecule has 3 rings (SSSR count). The van der Waals surface area contributed by atoms with Gasteiger partial charge in [0.1, 0.15) is 0 Å². The van der Waals surface area contributed by atoms with Crippen molar-refractivity contribution in [2.24, 2.45) is 0 Å². The predicted molar refractivity (Wildman–Crippen MR) is 78.0 cm³/mol. The van der Waals surface area contributed by atoms with E-state index < -0.39 is 0 Å². The Morgan fingerprint density at radius 2 is 0.895 bits per heavy atom. The number of methoxy groups -OCH3 is 1. The quantitative estimate of drug-likeness (QED) is 0.707. The Kier molecular flexibility index (Phi) is 6.82. The van der Waals surface area contributed by atoms with Crippen LogP contribution in [0.25, 0.3) is 22.3 Å². The van der Waals surface area contributed by atoms with Crippen LogP contribution in [0.3, 0.4) is 0 Å².